The first-order chi connectivity index (χ1) is 10.1. The van der Waals surface area contributed by atoms with Crippen LogP contribution in [0, 0.1) is 0 Å². The molecule has 110 valence electrons. The van der Waals surface area contributed by atoms with Crippen LogP contribution in [0.3, 0.4) is 0 Å². The zero-order valence-corrected chi connectivity index (χ0v) is 14.4. The molecule has 0 spiro atoms. The van der Waals surface area contributed by atoms with Gasteiger partial charge in [0, 0.05) is 22.3 Å². The number of nitrogens with two attached hydrogens (primary N) is 1. The van der Waals surface area contributed by atoms with Crippen LogP contribution < -0.4 is 11.1 Å². The maximum absolute atomic E-state index is 5.63. The van der Waals surface area contributed by atoms with Gasteiger partial charge in [0.2, 0.25) is 0 Å². The van der Waals surface area contributed by atoms with Crippen molar-refractivity contribution in [2.24, 2.45) is 5.73 Å². The zero-order valence-electron chi connectivity index (χ0n) is 12.0. The minimum Gasteiger partial charge on any atom is -0.389 e. The molecule has 0 aliphatic carbocycles. The van der Waals surface area contributed by atoms with Crippen molar-refractivity contribution in [2.45, 2.75) is 19.3 Å². The van der Waals surface area contributed by atoms with E-state index in [-0.39, 0.29) is 0 Å². The molecular formula is C17H19BrN2S. The van der Waals surface area contributed by atoms with E-state index in [0.29, 0.717) is 10.9 Å². The van der Waals surface area contributed by atoms with E-state index in [9.17, 15) is 0 Å². The molecule has 0 aromatic heterocycles. The van der Waals surface area contributed by atoms with E-state index in [4.69, 9.17) is 18.0 Å². The standard InChI is InChI=1S/C17H19BrN2S/c1-12(13-5-3-2-4-6-13)9-10-20-16-8-7-14(17(19)21)11-15(16)18/h2-8,11-12,20H,9-10H2,1H3,(H2,19,21). The van der Waals surface area contributed by atoms with Crippen molar-refractivity contribution in [3.05, 3.63) is 64.1 Å². The Bertz CT molecular complexity index is 613. The van der Waals surface area contributed by atoms with E-state index >= 15 is 0 Å². The Balaban J connectivity index is 1.90. The van der Waals surface area contributed by atoms with Crippen LogP contribution in [0.5, 0.6) is 0 Å². The Kier molecular flexibility index (Phi) is 5.76. The van der Waals surface area contributed by atoms with E-state index < -0.39 is 0 Å². The first-order valence-electron chi connectivity index (χ1n) is 6.96. The number of benzene rings is 2. The summed E-state index contributed by atoms with van der Waals surface area (Å²) in [4.78, 5) is 0.417. The molecule has 0 radical (unpaired) electrons. The Morgan fingerprint density at radius 2 is 1.95 bits per heavy atom. The van der Waals surface area contributed by atoms with Crippen LogP contribution in [0.2, 0.25) is 0 Å². The molecule has 0 fully saturated rings. The summed E-state index contributed by atoms with van der Waals surface area (Å²) in [5, 5.41) is 3.45. The molecule has 4 heteroatoms. The number of anilines is 1. The smallest absolute Gasteiger partial charge is 0.104 e. The second kappa shape index (κ2) is 7.57. The van der Waals surface area contributed by atoms with Crippen LogP contribution in [0.15, 0.2) is 53.0 Å². The minimum absolute atomic E-state index is 0.417. The molecule has 2 aromatic carbocycles. The monoisotopic (exact) mass is 362 g/mol. The third-order valence-electron chi connectivity index (χ3n) is 3.52. The number of hydrogen-bond donors (Lipinski definition) is 2. The van der Waals surface area contributed by atoms with Crippen LogP contribution in [0.1, 0.15) is 30.4 Å². The van der Waals surface area contributed by atoms with Gasteiger partial charge in [-0.2, -0.15) is 0 Å². The molecule has 2 nitrogen and oxygen atoms in total. The first-order valence-corrected chi connectivity index (χ1v) is 8.16. The van der Waals surface area contributed by atoms with Crippen molar-refractivity contribution >= 4 is 38.8 Å². The zero-order chi connectivity index (χ0) is 15.2. The minimum atomic E-state index is 0.417. The van der Waals surface area contributed by atoms with E-state index in [2.05, 4.69) is 58.5 Å². The number of halogens is 1. The van der Waals surface area contributed by atoms with Crippen LogP contribution in [-0.2, 0) is 0 Å². The number of hydrogen-bond acceptors (Lipinski definition) is 2. The van der Waals surface area contributed by atoms with Gasteiger partial charge in [0.05, 0.1) is 0 Å². The highest BCUT2D eigenvalue weighted by molar-refractivity contribution is 9.10. The maximum Gasteiger partial charge on any atom is 0.104 e. The van der Waals surface area contributed by atoms with Crippen LogP contribution in [-0.4, -0.2) is 11.5 Å². The fraction of sp³-hybridized carbons (Fsp3) is 0.235. The normalized spacial score (nSPS) is 11.9. The highest BCUT2D eigenvalue weighted by Crippen LogP contribution is 2.25. The molecule has 0 saturated heterocycles. The van der Waals surface area contributed by atoms with Crippen molar-refractivity contribution in [1.82, 2.24) is 0 Å². The average Bonchev–Trinajstić information content (AvgIpc) is 2.49. The quantitative estimate of drug-likeness (QED) is 0.732. The number of rotatable bonds is 6. The largest absolute Gasteiger partial charge is 0.389 e. The second-order valence-corrected chi connectivity index (χ2v) is 6.38. The molecule has 0 saturated carbocycles. The Hall–Kier alpha value is -1.39. The fourth-order valence-electron chi connectivity index (χ4n) is 2.18. The highest BCUT2D eigenvalue weighted by Gasteiger charge is 2.06. The molecule has 2 rings (SSSR count). The third-order valence-corrected chi connectivity index (χ3v) is 4.41. The Labute approximate surface area is 139 Å². The predicted molar refractivity (Wildman–Crippen MR) is 98.0 cm³/mol. The first kappa shape index (κ1) is 16.0. The lowest BCUT2D eigenvalue weighted by atomic mass is 9.98. The second-order valence-electron chi connectivity index (χ2n) is 5.09. The van der Waals surface area contributed by atoms with Gasteiger partial charge in [0.25, 0.3) is 0 Å². The molecule has 21 heavy (non-hydrogen) atoms. The van der Waals surface area contributed by atoms with Crippen LogP contribution in [0.25, 0.3) is 0 Å². The van der Waals surface area contributed by atoms with E-state index in [0.717, 1.165) is 28.7 Å². The van der Waals surface area contributed by atoms with E-state index in [1.54, 1.807) is 0 Å². The van der Waals surface area contributed by atoms with Gasteiger partial charge in [-0.15, -0.1) is 0 Å². The van der Waals surface area contributed by atoms with Crippen molar-refractivity contribution in [3.63, 3.8) is 0 Å². The molecule has 1 unspecified atom stereocenters. The van der Waals surface area contributed by atoms with Gasteiger partial charge in [0.1, 0.15) is 4.99 Å². The molecular weight excluding hydrogens is 344 g/mol. The number of thiocarbonyl (C=S) groups is 1. The van der Waals surface area contributed by atoms with Gasteiger partial charge in [0.15, 0.2) is 0 Å². The lowest BCUT2D eigenvalue weighted by Gasteiger charge is -2.14. The summed E-state index contributed by atoms with van der Waals surface area (Å²) in [7, 11) is 0. The predicted octanol–water partition coefficient (Wildman–Crippen LogP) is 4.69. The van der Waals surface area contributed by atoms with E-state index in [1.165, 1.54) is 5.56 Å². The molecule has 3 N–H and O–H groups in total. The summed E-state index contributed by atoms with van der Waals surface area (Å²) in [6.07, 6.45) is 1.08. The van der Waals surface area contributed by atoms with E-state index in [1.807, 2.05) is 18.2 Å². The van der Waals surface area contributed by atoms with Crippen LogP contribution >= 0.6 is 28.1 Å². The maximum atomic E-state index is 5.63. The molecule has 2 aromatic rings. The van der Waals surface area contributed by atoms with Gasteiger partial charge in [-0.1, -0.05) is 49.5 Å². The summed E-state index contributed by atoms with van der Waals surface area (Å²) in [5.74, 6) is 0.536. The van der Waals surface area contributed by atoms with Gasteiger partial charge < -0.3 is 11.1 Å². The van der Waals surface area contributed by atoms with Crippen molar-refractivity contribution in [3.8, 4) is 0 Å². The Morgan fingerprint density at radius 1 is 1.24 bits per heavy atom. The molecule has 0 bridgehead atoms. The summed E-state index contributed by atoms with van der Waals surface area (Å²) in [6, 6.07) is 16.5. The SMILES string of the molecule is CC(CCNc1ccc(C(N)=S)cc1Br)c1ccccc1. The lowest BCUT2D eigenvalue weighted by molar-refractivity contribution is 0.706. The van der Waals surface area contributed by atoms with Gasteiger partial charge in [-0.3, -0.25) is 0 Å². The lowest BCUT2D eigenvalue weighted by Crippen LogP contribution is -2.10. The number of nitrogens with one attached hydrogen (secondary N) is 1. The summed E-state index contributed by atoms with van der Waals surface area (Å²) in [6.45, 7) is 3.17. The summed E-state index contributed by atoms with van der Waals surface area (Å²) in [5.41, 5.74) is 8.94. The highest BCUT2D eigenvalue weighted by atomic mass is 79.9. The molecule has 0 aliphatic rings. The summed E-state index contributed by atoms with van der Waals surface area (Å²) < 4.78 is 0.986. The Morgan fingerprint density at radius 3 is 2.57 bits per heavy atom. The molecule has 0 amide bonds. The summed E-state index contributed by atoms with van der Waals surface area (Å²) >= 11 is 8.53. The van der Waals surface area contributed by atoms with Crippen molar-refractivity contribution < 1.29 is 0 Å². The van der Waals surface area contributed by atoms with Crippen molar-refractivity contribution in [2.75, 3.05) is 11.9 Å². The van der Waals surface area contributed by atoms with Crippen LogP contribution in [0.4, 0.5) is 5.69 Å². The molecule has 1 atom stereocenters. The van der Waals surface area contributed by atoms with Crippen molar-refractivity contribution in [1.29, 1.82) is 0 Å². The van der Waals surface area contributed by atoms with Gasteiger partial charge in [-0.25, -0.2) is 0 Å². The van der Waals surface area contributed by atoms with Gasteiger partial charge in [-0.05, 0) is 52.0 Å². The van der Waals surface area contributed by atoms with Gasteiger partial charge >= 0.3 is 0 Å². The topological polar surface area (TPSA) is 38.0 Å². The fourth-order valence-corrected chi connectivity index (χ4v) is 2.83. The molecule has 0 heterocycles. The third kappa shape index (κ3) is 4.55. The molecule has 0 aliphatic heterocycles. The average molecular weight is 363 g/mol.